The third-order valence-corrected chi connectivity index (χ3v) is 3.35. The zero-order valence-electron chi connectivity index (χ0n) is 10.8. The fourth-order valence-electron chi connectivity index (χ4n) is 1.91. The molecule has 0 fully saturated rings. The monoisotopic (exact) mass is 259 g/mol. The zero-order valence-corrected chi connectivity index (χ0v) is 11.5. The van der Waals surface area contributed by atoms with Gasteiger partial charge in [0.05, 0.1) is 0 Å². The molecule has 0 aliphatic rings. The maximum absolute atomic E-state index is 5.97. The summed E-state index contributed by atoms with van der Waals surface area (Å²) < 4.78 is 0. The first kappa shape index (κ1) is 13.0. The smallest absolute Gasteiger partial charge is 0.0426 e. The summed E-state index contributed by atoms with van der Waals surface area (Å²) in [5.41, 5.74) is 2.48. The Morgan fingerprint density at radius 3 is 2.39 bits per heavy atom. The van der Waals surface area contributed by atoms with Gasteiger partial charge in [-0.15, -0.1) is 0 Å². The van der Waals surface area contributed by atoms with E-state index in [1.54, 1.807) is 0 Å². The lowest BCUT2D eigenvalue weighted by Crippen LogP contribution is -2.27. The molecule has 0 heterocycles. The van der Waals surface area contributed by atoms with Crippen molar-refractivity contribution in [2.75, 3.05) is 11.9 Å². The van der Waals surface area contributed by atoms with E-state index in [4.69, 9.17) is 11.6 Å². The molecule has 2 aromatic carbocycles. The predicted molar refractivity (Wildman–Crippen MR) is 79.4 cm³/mol. The van der Waals surface area contributed by atoms with Gasteiger partial charge in [-0.05, 0) is 23.8 Å². The van der Waals surface area contributed by atoms with Crippen LogP contribution in [0.3, 0.4) is 0 Å². The summed E-state index contributed by atoms with van der Waals surface area (Å²) in [6, 6.07) is 18.4. The highest BCUT2D eigenvalue weighted by molar-refractivity contribution is 6.30. The largest absolute Gasteiger partial charge is 0.384 e. The minimum atomic E-state index is 0.0869. The predicted octanol–water partition coefficient (Wildman–Crippen LogP) is 4.73. The van der Waals surface area contributed by atoms with E-state index >= 15 is 0 Å². The van der Waals surface area contributed by atoms with Gasteiger partial charge in [-0.25, -0.2) is 0 Å². The molecule has 0 saturated carbocycles. The van der Waals surface area contributed by atoms with Gasteiger partial charge < -0.3 is 5.32 Å². The lowest BCUT2D eigenvalue weighted by molar-refractivity contribution is 0.557. The number of halogens is 1. The maximum atomic E-state index is 5.97. The zero-order chi connectivity index (χ0) is 13.0. The van der Waals surface area contributed by atoms with Gasteiger partial charge in [0.1, 0.15) is 0 Å². The number of hydrogen-bond donors (Lipinski definition) is 1. The molecule has 2 aromatic rings. The van der Waals surface area contributed by atoms with E-state index in [1.807, 2.05) is 30.3 Å². The van der Waals surface area contributed by atoms with Gasteiger partial charge in [0.15, 0.2) is 0 Å². The first-order valence-corrected chi connectivity index (χ1v) is 6.51. The molecular formula is C16H18ClN. The number of nitrogens with one attached hydrogen (secondary N) is 1. The molecule has 1 nitrogen and oxygen atoms in total. The van der Waals surface area contributed by atoms with E-state index < -0.39 is 0 Å². The minimum Gasteiger partial charge on any atom is -0.384 e. The molecule has 0 spiro atoms. The Kier molecular flexibility index (Phi) is 3.93. The topological polar surface area (TPSA) is 12.0 Å². The third kappa shape index (κ3) is 3.27. The van der Waals surface area contributed by atoms with Crippen molar-refractivity contribution in [3.63, 3.8) is 0 Å². The maximum Gasteiger partial charge on any atom is 0.0426 e. The Labute approximate surface area is 114 Å². The summed E-state index contributed by atoms with van der Waals surface area (Å²) in [6.45, 7) is 5.34. The average molecular weight is 260 g/mol. The highest BCUT2D eigenvalue weighted by Gasteiger charge is 2.19. The molecule has 2 heteroatoms. The molecule has 0 saturated heterocycles. The fraction of sp³-hybridized carbons (Fsp3) is 0.250. The third-order valence-electron chi connectivity index (χ3n) is 3.11. The molecule has 1 N–H and O–H groups in total. The van der Waals surface area contributed by atoms with Crippen LogP contribution in [0.5, 0.6) is 0 Å². The quantitative estimate of drug-likeness (QED) is 0.837. The Morgan fingerprint density at radius 2 is 1.72 bits per heavy atom. The molecule has 0 aliphatic heterocycles. The van der Waals surface area contributed by atoms with E-state index in [2.05, 4.69) is 43.4 Å². The van der Waals surface area contributed by atoms with E-state index in [9.17, 15) is 0 Å². The molecule has 0 aromatic heterocycles. The van der Waals surface area contributed by atoms with E-state index in [0.29, 0.717) is 0 Å². The van der Waals surface area contributed by atoms with Crippen LogP contribution in [0.15, 0.2) is 54.6 Å². The number of hydrogen-bond acceptors (Lipinski definition) is 1. The van der Waals surface area contributed by atoms with Gasteiger partial charge >= 0.3 is 0 Å². The first-order chi connectivity index (χ1) is 8.58. The Bertz CT molecular complexity index is 506. The van der Waals surface area contributed by atoms with Crippen LogP contribution in [0.1, 0.15) is 19.4 Å². The van der Waals surface area contributed by atoms with Crippen LogP contribution in [0.25, 0.3) is 0 Å². The number of anilines is 1. The summed E-state index contributed by atoms with van der Waals surface area (Å²) in [5, 5.41) is 4.20. The van der Waals surface area contributed by atoms with Crippen LogP contribution < -0.4 is 5.32 Å². The molecule has 2 rings (SSSR count). The fourth-order valence-corrected chi connectivity index (χ4v) is 2.10. The molecule has 0 bridgehead atoms. The lowest BCUT2D eigenvalue weighted by Gasteiger charge is -2.26. The summed E-state index contributed by atoms with van der Waals surface area (Å²) in [4.78, 5) is 0. The molecule has 0 unspecified atom stereocenters. The number of rotatable bonds is 4. The molecule has 18 heavy (non-hydrogen) atoms. The average Bonchev–Trinajstić information content (AvgIpc) is 2.38. The van der Waals surface area contributed by atoms with Crippen molar-refractivity contribution < 1.29 is 0 Å². The van der Waals surface area contributed by atoms with Crippen molar-refractivity contribution in [2.45, 2.75) is 19.3 Å². The SMILES string of the molecule is CC(C)(CNc1cccc(Cl)c1)c1ccccc1. The summed E-state index contributed by atoms with van der Waals surface area (Å²) in [6.07, 6.45) is 0. The second-order valence-electron chi connectivity index (χ2n) is 5.11. The standard InChI is InChI=1S/C16H18ClN/c1-16(2,13-7-4-3-5-8-13)12-18-15-10-6-9-14(17)11-15/h3-11,18H,12H2,1-2H3. The van der Waals surface area contributed by atoms with Gasteiger partial charge in [0.25, 0.3) is 0 Å². The summed E-state index contributed by atoms with van der Waals surface area (Å²) >= 11 is 5.97. The van der Waals surface area contributed by atoms with Crippen molar-refractivity contribution in [1.29, 1.82) is 0 Å². The van der Waals surface area contributed by atoms with Gasteiger partial charge in [-0.1, -0.05) is 61.8 Å². The van der Waals surface area contributed by atoms with Crippen LogP contribution in [-0.4, -0.2) is 6.54 Å². The highest BCUT2D eigenvalue weighted by atomic mass is 35.5. The highest BCUT2D eigenvalue weighted by Crippen LogP contribution is 2.24. The lowest BCUT2D eigenvalue weighted by atomic mass is 9.84. The van der Waals surface area contributed by atoms with Crippen LogP contribution in [0.4, 0.5) is 5.69 Å². The second-order valence-corrected chi connectivity index (χ2v) is 5.55. The van der Waals surface area contributed by atoms with Crippen molar-refractivity contribution in [3.05, 3.63) is 65.2 Å². The van der Waals surface area contributed by atoms with Gasteiger partial charge in [0.2, 0.25) is 0 Å². The van der Waals surface area contributed by atoms with Crippen LogP contribution in [0.2, 0.25) is 5.02 Å². The van der Waals surface area contributed by atoms with Crippen LogP contribution in [0, 0.1) is 0 Å². The summed E-state index contributed by atoms with van der Waals surface area (Å²) in [7, 11) is 0. The molecule has 0 radical (unpaired) electrons. The van der Waals surface area contributed by atoms with Crippen molar-refractivity contribution in [3.8, 4) is 0 Å². The minimum absolute atomic E-state index is 0.0869. The first-order valence-electron chi connectivity index (χ1n) is 6.13. The van der Waals surface area contributed by atoms with Gasteiger partial charge in [0, 0.05) is 22.7 Å². The number of benzene rings is 2. The molecule has 94 valence electrons. The summed E-state index contributed by atoms with van der Waals surface area (Å²) in [5.74, 6) is 0. The second kappa shape index (κ2) is 5.45. The van der Waals surface area contributed by atoms with Crippen LogP contribution in [-0.2, 0) is 5.41 Å². The van der Waals surface area contributed by atoms with Crippen molar-refractivity contribution in [2.24, 2.45) is 0 Å². The van der Waals surface area contributed by atoms with Crippen LogP contribution >= 0.6 is 11.6 Å². The molecule has 0 atom stereocenters. The molecule has 0 amide bonds. The normalized spacial score (nSPS) is 11.3. The Morgan fingerprint density at radius 1 is 1.00 bits per heavy atom. The van der Waals surface area contributed by atoms with E-state index in [1.165, 1.54) is 5.56 Å². The molecular weight excluding hydrogens is 242 g/mol. The molecule has 0 aliphatic carbocycles. The van der Waals surface area contributed by atoms with Crippen molar-refractivity contribution >= 4 is 17.3 Å². The van der Waals surface area contributed by atoms with E-state index in [0.717, 1.165) is 17.3 Å². The van der Waals surface area contributed by atoms with Crippen molar-refractivity contribution in [1.82, 2.24) is 0 Å². The Hall–Kier alpha value is -1.47. The van der Waals surface area contributed by atoms with E-state index in [-0.39, 0.29) is 5.41 Å². The Balaban J connectivity index is 2.05. The van der Waals surface area contributed by atoms with Gasteiger partial charge in [-0.2, -0.15) is 0 Å². The van der Waals surface area contributed by atoms with Gasteiger partial charge in [-0.3, -0.25) is 0 Å².